The lowest BCUT2D eigenvalue weighted by atomic mass is 9.61. The average molecular weight is 332 g/mol. The summed E-state index contributed by atoms with van der Waals surface area (Å²) in [6.07, 6.45) is 1.39. The largest absolute Gasteiger partial charge is 0.481 e. The molecule has 3 atom stereocenters. The molecule has 1 saturated carbocycles. The Labute approximate surface area is 134 Å². The lowest BCUT2D eigenvalue weighted by Gasteiger charge is -2.46. The standard InChI is InChI=1S/C14H19Cl2N3O2/c1-7-9(5-4-8(13(20)21)14(7,2)3)17-10-6-11(15)18-19-12(10)16/h6-9H,4-5H2,1-3H3,(H,17,18)(H,20,21). The summed E-state index contributed by atoms with van der Waals surface area (Å²) in [7, 11) is 0. The van der Waals surface area contributed by atoms with Crippen LogP contribution in [0.15, 0.2) is 6.07 Å². The van der Waals surface area contributed by atoms with Gasteiger partial charge in [-0.25, -0.2) is 0 Å². The van der Waals surface area contributed by atoms with Gasteiger partial charge < -0.3 is 10.4 Å². The molecule has 1 aromatic rings. The van der Waals surface area contributed by atoms with Crippen LogP contribution in [0.2, 0.25) is 10.3 Å². The Bertz CT molecular complexity index is 551. The summed E-state index contributed by atoms with van der Waals surface area (Å²) in [6, 6.07) is 1.76. The molecule has 2 rings (SSSR count). The van der Waals surface area contributed by atoms with Crippen molar-refractivity contribution < 1.29 is 9.90 Å². The van der Waals surface area contributed by atoms with E-state index in [9.17, 15) is 9.90 Å². The van der Waals surface area contributed by atoms with Crippen LogP contribution in [0.5, 0.6) is 0 Å². The highest BCUT2D eigenvalue weighted by molar-refractivity contribution is 6.33. The molecule has 0 saturated heterocycles. The summed E-state index contributed by atoms with van der Waals surface area (Å²) in [5.41, 5.74) is 0.330. The Hall–Kier alpha value is -1.07. The van der Waals surface area contributed by atoms with Gasteiger partial charge in [0, 0.05) is 12.1 Å². The third kappa shape index (κ3) is 3.24. The van der Waals surface area contributed by atoms with Gasteiger partial charge in [0.15, 0.2) is 10.3 Å². The van der Waals surface area contributed by atoms with Crippen LogP contribution in [0.1, 0.15) is 33.6 Å². The van der Waals surface area contributed by atoms with Crippen LogP contribution in [0.25, 0.3) is 0 Å². The summed E-state index contributed by atoms with van der Waals surface area (Å²) < 4.78 is 0. The van der Waals surface area contributed by atoms with Crippen LogP contribution in [-0.4, -0.2) is 27.3 Å². The predicted octanol–water partition coefficient (Wildman–Crippen LogP) is 3.72. The van der Waals surface area contributed by atoms with Crippen molar-refractivity contribution in [1.82, 2.24) is 10.2 Å². The number of anilines is 1. The maximum atomic E-state index is 11.4. The molecular weight excluding hydrogens is 313 g/mol. The third-order valence-corrected chi connectivity index (χ3v) is 5.26. The first kappa shape index (κ1) is 16.3. The highest BCUT2D eigenvalue weighted by Crippen LogP contribution is 2.46. The fourth-order valence-corrected chi connectivity index (χ4v) is 3.39. The van der Waals surface area contributed by atoms with Gasteiger partial charge in [-0.15, -0.1) is 10.2 Å². The number of carboxylic acids is 1. The summed E-state index contributed by atoms with van der Waals surface area (Å²) >= 11 is 11.9. The van der Waals surface area contributed by atoms with Crippen LogP contribution < -0.4 is 5.32 Å². The minimum absolute atomic E-state index is 0.119. The van der Waals surface area contributed by atoms with Gasteiger partial charge in [-0.2, -0.15) is 0 Å². The summed E-state index contributed by atoms with van der Waals surface area (Å²) in [6.45, 7) is 6.07. The first-order valence-electron chi connectivity index (χ1n) is 6.91. The number of hydrogen-bond acceptors (Lipinski definition) is 4. The number of nitrogens with one attached hydrogen (secondary N) is 1. The second-order valence-corrected chi connectivity index (χ2v) is 6.95. The molecule has 0 bridgehead atoms. The molecule has 0 radical (unpaired) electrons. The summed E-state index contributed by atoms with van der Waals surface area (Å²) in [5.74, 6) is -0.896. The van der Waals surface area contributed by atoms with E-state index in [2.05, 4.69) is 22.4 Å². The molecule has 1 aromatic heterocycles. The van der Waals surface area contributed by atoms with Crippen molar-refractivity contribution >= 4 is 34.9 Å². The number of nitrogens with zero attached hydrogens (tertiary/aromatic N) is 2. The van der Waals surface area contributed by atoms with Gasteiger partial charge in [0.25, 0.3) is 0 Å². The highest BCUT2D eigenvalue weighted by atomic mass is 35.5. The van der Waals surface area contributed by atoms with Crippen molar-refractivity contribution in [2.24, 2.45) is 17.3 Å². The quantitative estimate of drug-likeness (QED) is 0.882. The Balaban J connectivity index is 2.19. The van der Waals surface area contributed by atoms with Crippen molar-refractivity contribution in [2.75, 3.05) is 5.32 Å². The molecule has 1 aliphatic rings. The van der Waals surface area contributed by atoms with Gasteiger partial charge in [-0.3, -0.25) is 4.79 Å². The van der Waals surface area contributed by atoms with Crippen LogP contribution >= 0.6 is 23.2 Å². The first-order valence-corrected chi connectivity index (χ1v) is 7.67. The predicted molar refractivity (Wildman–Crippen MR) is 82.8 cm³/mol. The lowest BCUT2D eigenvalue weighted by molar-refractivity contribution is -0.149. The van der Waals surface area contributed by atoms with Crippen molar-refractivity contribution in [1.29, 1.82) is 0 Å². The average Bonchev–Trinajstić information content (AvgIpc) is 2.38. The second kappa shape index (κ2) is 5.97. The maximum Gasteiger partial charge on any atom is 0.307 e. The number of carbonyl (C=O) groups is 1. The van der Waals surface area contributed by atoms with E-state index in [1.807, 2.05) is 13.8 Å². The lowest BCUT2D eigenvalue weighted by Crippen LogP contribution is -2.48. The molecule has 1 fully saturated rings. The number of carboxylic acid groups (broad SMARTS) is 1. The van der Waals surface area contributed by atoms with E-state index >= 15 is 0 Å². The molecule has 1 heterocycles. The third-order valence-electron chi connectivity index (χ3n) is 4.80. The topological polar surface area (TPSA) is 75.1 Å². The minimum atomic E-state index is -0.725. The maximum absolute atomic E-state index is 11.4. The first-order chi connectivity index (χ1) is 9.73. The number of rotatable bonds is 3. The fraction of sp³-hybridized carbons (Fsp3) is 0.643. The molecule has 3 unspecified atom stereocenters. The molecule has 1 aliphatic carbocycles. The number of aliphatic carboxylic acids is 1. The number of aromatic nitrogens is 2. The Morgan fingerprint density at radius 2 is 2.05 bits per heavy atom. The van der Waals surface area contributed by atoms with Crippen molar-refractivity contribution in [3.05, 3.63) is 16.4 Å². The molecule has 0 spiro atoms. The van der Waals surface area contributed by atoms with E-state index in [0.717, 1.165) is 6.42 Å². The van der Waals surface area contributed by atoms with E-state index < -0.39 is 5.97 Å². The normalized spacial score (nSPS) is 28.1. The second-order valence-electron chi connectivity index (χ2n) is 6.20. The Morgan fingerprint density at radius 3 is 2.67 bits per heavy atom. The van der Waals surface area contributed by atoms with Gasteiger partial charge in [0.1, 0.15) is 0 Å². The van der Waals surface area contributed by atoms with E-state index in [4.69, 9.17) is 23.2 Å². The van der Waals surface area contributed by atoms with Crippen LogP contribution in [-0.2, 0) is 4.79 Å². The van der Waals surface area contributed by atoms with Gasteiger partial charge in [-0.1, -0.05) is 44.0 Å². The smallest absolute Gasteiger partial charge is 0.307 e. The van der Waals surface area contributed by atoms with E-state index in [0.29, 0.717) is 12.1 Å². The van der Waals surface area contributed by atoms with E-state index in [1.165, 1.54) is 0 Å². The van der Waals surface area contributed by atoms with Crippen LogP contribution in [0, 0.1) is 17.3 Å². The summed E-state index contributed by atoms with van der Waals surface area (Å²) in [4.78, 5) is 11.4. The zero-order chi connectivity index (χ0) is 15.8. The van der Waals surface area contributed by atoms with Gasteiger partial charge in [0.05, 0.1) is 11.6 Å². The molecule has 0 amide bonds. The van der Waals surface area contributed by atoms with Crippen LogP contribution in [0.3, 0.4) is 0 Å². The molecule has 21 heavy (non-hydrogen) atoms. The molecule has 7 heteroatoms. The van der Waals surface area contributed by atoms with Crippen LogP contribution in [0.4, 0.5) is 5.69 Å². The van der Waals surface area contributed by atoms with Crippen molar-refractivity contribution in [3.63, 3.8) is 0 Å². The zero-order valence-electron chi connectivity index (χ0n) is 12.2. The highest BCUT2D eigenvalue weighted by Gasteiger charge is 2.46. The molecular formula is C14H19Cl2N3O2. The van der Waals surface area contributed by atoms with Crippen molar-refractivity contribution in [2.45, 2.75) is 39.7 Å². The SMILES string of the molecule is CC1C(Nc2cc(Cl)nnc2Cl)CCC(C(=O)O)C1(C)C. The van der Waals surface area contributed by atoms with Gasteiger partial charge in [0.2, 0.25) is 0 Å². The molecule has 2 N–H and O–H groups in total. The fourth-order valence-electron chi connectivity index (χ4n) is 3.10. The molecule has 0 aromatic carbocycles. The zero-order valence-corrected chi connectivity index (χ0v) is 13.7. The Kier molecular flexibility index (Phi) is 4.63. The molecule has 116 valence electrons. The summed E-state index contributed by atoms with van der Waals surface area (Å²) in [5, 5.41) is 20.7. The number of halogens is 2. The van der Waals surface area contributed by atoms with E-state index in [1.54, 1.807) is 6.07 Å². The minimum Gasteiger partial charge on any atom is -0.481 e. The molecule has 5 nitrogen and oxygen atoms in total. The van der Waals surface area contributed by atoms with Crippen molar-refractivity contribution in [3.8, 4) is 0 Å². The molecule has 0 aliphatic heterocycles. The number of hydrogen-bond donors (Lipinski definition) is 2. The van der Waals surface area contributed by atoms with Gasteiger partial charge >= 0.3 is 5.97 Å². The monoisotopic (exact) mass is 331 g/mol. The van der Waals surface area contributed by atoms with E-state index in [-0.39, 0.29) is 33.6 Å². The van der Waals surface area contributed by atoms with Gasteiger partial charge in [-0.05, 0) is 24.2 Å². The Morgan fingerprint density at radius 1 is 1.38 bits per heavy atom.